The van der Waals surface area contributed by atoms with E-state index in [1.54, 1.807) is 0 Å². The van der Waals surface area contributed by atoms with Crippen molar-refractivity contribution in [3.8, 4) is 5.75 Å². The highest BCUT2D eigenvalue weighted by atomic mass is 16.5. The maximum Gasteiger partial charge on any atom is 0.119 e. The number of benzene rings is 1. The fourth-order valence-corrected chi connectivity index (χ4v) is 1.47. The quantitative estimate of drug-likeness (QED) is 0.451. The molecule has 0 fully saturated rings. The van der Waals surface area contributed by atoms with Crippen molar-refractivity contribution in [3.63, 3.8) is 0 Å². The lowest BCUT2D eigenvalue weighted by atomic mass is 9.87. The molecule has 0 saturated carbocycles. The molecular weight excluding hydrogens is 212 g/mol. The van der Waals surface area contributed by atoms with Crippen LogP contribution in [0.2, 0.25) is 0 Å². The van der Waals surface area contributed by atoms with Crippen molar-refractivity contribution in [2.45, 2.75) is 33.6 Å². The Bertz CT molecular complexity index is 368. The van der Waals surface area contributed by atoms with Gasteiger partial charge in [0.15, 0.2) is 0 Å². The third-order valence-electron chi connectivity index (χ3n) is 2.96. The highest BCUT2D eigenvalue weighted by Crippen LogP contribution is 2.22. The number of nitrogens with one attached hydrogen (secondary N) is 1. The summed E-state index contributed by atoms with van der Waals surface area (Å²) in [6, 6.07) is 8.03. The zero-order valence-electron chi connectivity index (χ0n) is 10.9. The van der Waals surface area contributed by atoms with Crippen LogP contribution in [0.3, 0.4) is 0 Å². The highest BCUT2D eigenvalue weighted by Gasteiger charge is 2.20. The molecule has 0 spiro atoms. The molecule has 1 rings (SSSR count). The van der Waals surface area contributed by atoms with E-state index in [0.29, 0.717) is 6.61 Å². The minimum absolute atomic E-state index is 0.226. The Hall–Kier alpha value is -1.51. The summed E-state index contributed by atoms with van der Waals surface area (Å²) in [6.07, 6.45) is 1.77. The molecule has 0 aliphatic heterocycles. The molecule has 0 atom stereocenters. The normalized spacial score (nSPS) is 11.2. The van der Waals surface area contributed by atoms with Crippen molar-refractivity contribution in [2.24, 2.45) is 11.1 Å². The summed E-state index contributed by atoms with van der Waals surface area (Å²) < 4.78 is 5.62. The number of hydrogen-bond donors (Lipinski definition) is 2. The van der Waals surface area contributed by atoms with Crippen LogP contribution < -0.4 is 10.5 Å². The van der Waals surface area contributed by atoms with Crippen molar-refractivity contribution in [1.82, 2.24) is 0 Å². The molecule has 0 aliphatic rings. The molecule has 94 valence electrons. The topological polar surface area (TPSA) is 59.1 Å². The number of ether oxygens (including phenoxy) is 1. The molecule has 0 aliphatic carbocycles. The van der Waals surface area contributed by atoms with Crippen LogP contribution in [0.25, 0.3) is 0 Å². The first-order valence-corrected chi connectivity index (χ1v) is 5.96. The predicted molar refractivity (Wildman–Crippen MR) is 71.6 cm³/mol. The van der Waals surface area contributed by atoms with Crippen molar-refractivity contribution in [3.05, 3.63) is 29.8 Å². The molecule has 3 heteroatoms. The van der Waals surface area contributed by atoms with Gasteiger partial charge >= 0.3 is 0 Å². The third kappa shape index (κ3) is 4.47. The molecule has 3 N–H and O–H groups in total. The summed E-state index contributed by atoms with van der Waals surface area (Å²) in [5, 5.41) is 7.46. The average Bonchev–Trinajstić information content (AvgIpc) is 2.26. The first-order chi connectivity index (χ1) is 7.92. The van der Waals surface area contributed by atoms with Crippen LogP contribution in [0.15, 0.2) is 24.3 Å². The summed E-state index contributed by atoms with van der Waals surface area (Å²) in [6.45, 7) is 6.70. The second kappa shape index (κ2) is 5.71. The van der Waals surface area contributed by atoms with E-state index in [0.717, 1.165) is 18.6 Å². The van der Waals surface area contributed by atoms with Gasteiger partial charge in [-0.3, -0.25) is 5.41 Å². The lowest BCUT2D eigenvalue weighted by Crippen LogP contribution is -2.31. The Morgan fingerprint density at radius 2 is 1.88 bits per heavy atom. The molecule has 1 aromatic carbocycles. The first kappa shape index (κ1) is 13.6. The monoisotopic (exact) mass is 234 g/mol. The minimum atomic E-state index is -0.226. The second-order valence-electron chi connectivity index (χ2n) is 5.06. The van der Waals surface area contributed by atoms with Crippen LogP contribution >= 0.6 is 0 Å². The molecule has 0 unspecified atom stereocenters. The van der Waals surface area contributed by atoms with Gasteiger partial charge in [-0.1, -0.05) is 31.5 Å². The van der Waals surface area contributed by atoms with Crippen LogP contribution in [0.4, 0.5) is 0 Å². The van der Waals surface area contributed by atoms with Crippen LogP contribution in [-0.2, 0) is 0 Å². The molecule has 0 amide bonds. The van der Waals surface area contributed by atoms with Gasteiger partial charge < -0.3 is 10.5 Å². The van der Waals surface area contributed by atoms with E-state index >= 15 is 0 Å². The number of rotatable bonds is 6. The fourth-order valence-electron chi connectivity index (χ4n) is 1.47. The Morgan fingerprint density at radius 3 is 2.41 bits per heavy atom. The van der Waals surface area contributed by atoms with Gasteiger partial charge in [0.25, 0.3) is 0 Å². The van der Waals surface area contributed by atoms with E-state index in [2.05, 4.69) is 6.92 Å². The van der Waals surface area contributed by atoms with E-state index in [1.165, 1.54) is 5.56 Å². The lowest BCUT2D eigenvalue weighted by Gasteiger charge is -2.22. The first-order valence-electron chi connectivity index (χ1n) is 5.96. The van der Waals surface area contributed by atoms with E-state index in [1.807, 2.05) is 38.1 Å². The van der Waals surface area contributed by atoms with Crippen LogP contribution in [0.1, 0.15) is 32.3 Å². The number of aryl methyl sites for hydroxylation is 1. The largest absolute Gasteiger partial charge is 0.494 e. The van der Waals surface area contributed by atoms with E-state index in [4.69, 9.17) is 15.9 Å². The van der Waals surface area contributed by atoms with E-state index in [9.17, 15) is 0 Å². The predicted octanol–water partition coefficient (Wildman–Crippen LogP) is 3.12. The summed E-state index contributed by atoms with van der Waals surface area (Å²) in [5.74, 6) is 1.14. The Labute approximate surface area is 103 Å². The van der Waals surface area contributed by atoms with E-state index < -0.39 is 0 Å². The molecular formula is C14H22N2O. The van der Waals surface area contributed by atoms with Crippen molar-refractivity contribution >= 4 is 5.84 Å². The molecule has 0 saturated heterocycles. The van der Waals surface area contributed by atoms with Gasteiger partial charge in [0.1, 0.15) is 5.75 Å². The molecule has 0 bridgehead atoms. The minimum Gasteiger partial charge on any atom is -0.494 e. The van der Waals surface area contributed by atoms with Crippen molar-refractivity contribution in [2.75, 3.05) is 6.61 Å². The number of nitrogens with two attached hydrogens (primary N) is 1. The third-order valence-corrected chi connectivity index (χ3v) is 2.96. The number of amidine groups is 1. The maximum atomic E-state index is 7.46. The van der Waals surface area contributed by atoms with Gasteiger partial charge in [-0.2, -0.15) is 0 Å². The molecule has 0 radical (unpaired) electrons. The number of hydrogen-bond acceptors (Lipinski definition) is 2. The summed E-state index contributed by atoms with van der Waals surface area (Å²) >= 11 is 0. The zero-order valence-corrected chi connectivity index (χ0v) is 10.9. The Balaban J connectivity index is 2.29. The molecule has 1 aromatic rings. The maximum absolute atomic E-state index is 7.46. The van der Waals surface area contributed by atoms with Gasteiger partial charge in [-0.15, -0.1) is 0 Å². The summed E-state index contributed by atoms with van der Waals surface area (Å²) in [4.78, 5) is 0. The molecule has 0 aromatic heterocycles. The van der Waals surface area contributed by atoms with Crippen molar-refractivity contribution in [1.29, 1.82) is 5.41 Å². The van der Waals surface area contributed by atoms with Gasteiger partial charge in [0.2, 0.25) is 0 Å². The zero-order chi connectivity index (χ0) is 12.9. The standard InChI is InChI=1S/C14H22N2O/c1-11-5-7-12(8-6-11)17-10-4-9-14(2,3)13(15)16/h5-8H,4,9-10H2,1-3H3,(H3,15,16). The van der Waals surface area contributed by atoms with Gasteiger partial charge in [-0.25, -0.2) is 0 Å². The SMILES string of the molecule is Cc1ccc(OCCCC(C)(C)C(=N)N)cc1. The van der Waals surface area contributed by atoms with Crippen LogP contribution in [-0.4, -0.2) is 12.4 Å². The highest BCUT2D eigenvalue weighted by molar-refractivity contribution is 5.82. The van der Waals surface area contributed by atoms with Crippen LogP contribution in [0, 0.1) is 17.7 Å². The van der Waals surface area contributed by atoms with E-state index in [-0.39, 0.29) is 11.3 Å². The Morgan fingerprint density at radius 1 is 1.29 bits per heavy atom. The average molecular weight is 234 g/mol. The van der Waals surface area contributed by atoms with Crippen LogP contribution in [0.5, 0.6) is 5.75 Å². The Kier molecular flexibility index (Phi) is 4.55. The van der Waals surface area contributed by atoms with Crippen molar-refractivity contribution < 1.29 is 4.74 Å². The second-order valence-corrected chi connectivity index (χ2v) is 5.06. The molecule has 0 heterocycles. The fraction of sp³-hybridized carbons (Fsp3) is 0.500. The van der Waals surface area contributed by atoms with Gasteiger partial charge in [0.05, 0.1) is 12.4 Å². The molecule has 3 nitrogen and oxygen atoms in total. The summed E-state index contributed by atoms with van der Waals surface area (Å²) in [7, 11) is 0. The smallest absolute Gasteiger partial charge is 0.119 e. The van der Waals surface area contributed by atoms with Gasteiger partial charge in [-0.05, 0) is 31.9 Å². The molecule has 17 heavy (non-hydrogen) atoms. The van der Waals surface area contributed by atoms with Gasteiger partial charge in [0, 0.05) is 5.41 Å². The lowest BCUT2D eigenvalue weighted by molar-refractivity contribution is 0.287. The summed E-state index contributed by atoms with van der Waals surface area (Å²) in [5.41, 5.74) is 6.53.